The third-order valence-corrected chi connectivity index (χ3v) is 6.07. The lowest BCUT2D eigenvalue weighted by molar-refractivity contribution is 0.0950. The Morgan fingerprint density at radius 2 is 2.00 bits per heavy atom. The second-order valence-electron chi connectivity index (χ2n) is 7.47. The zero-order chi connectivity index (χ0) is 13.9. The Hall–Kier alpha value is -0.0800. The maximum Gasteiger partial charge on any atom is 0.0300 e. The van der Waals surface area contributed by atoms with Crippen LogP contribution in [0.15, 0.2) is 0 Å². The van der Waals surface area contributed by atoms with Crippen molar-refractivity contribution in [2.75, 3.05) is 20.1 Å². The smallest absolute Gasteiger partial charge is 0.0300 e. The maximum absolute atomic E-state index is 6.10. The van der Waals surface area contributed by atoms with Crippen LogP contribution in [0, 0.1) is 17.8 Å². The molecule has 19 heavy (non-hydrogen) atoms. The molecule has 2 saturated carbocycles. The van der Waals surface area contributed by atoms with Gasteiger partial charge in [-0.25, -0.2) is 0 Å². The second kappa shape index (κ2) is 6.58. The van der Waals surface area contributed by atoms with E-state index in [1.54, 1.807) is 0 Å². The Bertz CT molecular complexity index is 278. The van der Waals surface area contributed by atoms with Crippen LogP contribution in [0.4, 0.5) is 0 Å². The fourth-order valence-electron chi connectivity index (χ4n) is 4.38. The van der Waals surface area contributed by atoms with Gasteiger partial charge in [0.15, 0.2) is 0 Å². The first kappa shape index (κ1) is 15.3. The number of unbranched alkanes of at least 4 members (excludes halogenated alkanes) is 2. The highest BCUT2D eigenvalue weighted by atomic mass is 15.2. The summed E-state index contributed by atoms with van der Waals surface area (Å²) in [5, 5.41) is 0. The number of likely N-dealkylation sites (N-methyl/N-ethyl adjacent to an activating group) is 1. The molecule has 2 fully saturated rings. The minimum atomic E-state index is 0.219. The van der Waals surface area contributed by atoms with E-state index in [1.165, 1.54) is 57.9 Å². The van der Waals surface area contributed by atoms with Gasteiger partial charge in [-0.2, -0.15) is 0 Å². The van der Waals surface area contributed by atoms with E-state index in [2.05, 4.69) is 25.8 Å². The molecule has 0 amide bonds. The molecular formula is C17H34N2. The van der Waals surface area contributed by atoms with Crippen molar-refractivity contribution < 1.29 is 0 Å². The first-order chi connectivity index (χ1) is 9.09. The van der Waals surface area contributed by atoms with Crippen LogP contribution in [0.5, 0.6) is 0 Å². The summed E-state index contributed by atoms with van der Waals surface area (Å²) in [6.45, 7) is 6.73. The van der Waals surface area contributed by atoms with Gasteiger partial charge >= 0.3 is 0 Å². The van der Waals surface area contributed by atoms with E-state index in [0.29, 0.717) is 0 Å². The van der Waals surface area contributed by atoms with Crippen LogP contribution >= 0.6 is 0 Å². The molecule has 0 heterocycles. The van der Waals surface area contributed by atoms with Gasteiger partial charge in [0.25, 0.3) is 0 Å². The molecule has 2 aliphatic carbocycles. The Morgan fingerprint density at radius 3 is 2.53 bits per heavy atom. The lowest BCUT2D eigenvalue weighted by Crippen LogP contribution is -2.51. The highest BCUT2D eigenvalue weighted by molar-refractivity contribution is 4.94. The van der Waals surface area contributed by atoms with Crippen molar-refractivity contribution in [2.45, 2.75) is 70.8 Å². The standard InChI is InChI=1S/C17H34N2/c1-4-5-6-9-17(2,13-18)19(3)12-16-11-14-7-8-15(16)10-14/h14-16H,4-13,18H2,1-3H3. The zero-order valence-corrected chi connectivity index (χ0v) is 13.3. The van der Waals surface area contributed by atoms with Crippen molar-refractivity contribution in [1.29, 1.82) is 0 Å². The number of hydrogen-bond donors (Lipinski definition) is 1. The quantitative estimate of drug-likeness (QED) is 0.679. The highest BCUT2D eigenvalue weighted by Crippen LogP contribution is 2.48. The van der Waals surface area contributed by atoms with Crippen LogP contribution in [-0.4, -0.2) is 30.6 Å². The van der Waals surface area contributed by atoms with Crippen molar-refractivity contribution in [3.63, 3.8) is 0 Å². The molecule has 0 spiro atoms. The van der Waals surface area contributed by atoms with Crippen LogP contribution < -0.4 is 5.73 Å². The van der Waals surface area contributed by atoms with Crippen LogP contribution in [-0.2, 0) is 0 Å². The molecule has 2 bridgehead atoms. The summed E-state index contributed by atoms with van der Waals surface area (Å²) < 4.78 is 0. The highest BCUT2D eigenvalue weighted by Gasteiger charge is 2.41. The van der Waals surface area contributed by atoms with E-state index in [-0.39, 0.29) is 5.54 Å². The molecular weight excluding hydrogens is 232 g/mol. The molecule has 4 atom stereocenters. The van der Waals surface area contributed by atoms with Gasteiger partial charge < -0.3 is 5.73 Å². The average molecular weight is 266 g/mol. The summed E-state index contributed by atoms with van der Waals surface area (Å²) >= 11 is 0. The molecule has 0 aliphatic heterocycles. The van der Waals surface area contributed by atoms with Gasteiger partial charge in [-0.3, -0.25) is 4.90 Å². The van der Waals surface area contributed by atoms with Crippen molar-refractivity contribution in [3.05, 3.63) is 0 Å². The monoisotopic (exact) mass is 266 g/mol. The number of nitrogens with zero attached hydrogens (tertiary/aromatic N) is 1. The largest absolute Gasteiger partial charge is 0.329 e. The number of nitrogens with two attached hydrogens (primary N) is 1. The van der Waals surface area contributed by atoms with Gasteiger partial charge in [-0.1, -0.05) is 32.6 Å². The van der Waals surface area contributed by atoms with Crippen molar-refractivity contribution in [2.24, 2.45) is 23.5 Å². The molecule has 0 aromatic rings. The molecule has 2 nitrogen and oxygen atoms in total. The predicted octanol–water partition coefficient (Wildman–Crippen LogP) is 3.65. The van der Waals surface area contributed by atoms with Gasteiger partial charge in [-0.15, -0.1) is 0 Å². The van der Waals surface area contributed by atoms with Crippen LogP contribution in [0.3, 0.4) is 0 Å². The second-order valence-corrected chi connectivity index (χ2v) is 7.47. The Kier molecular flexibility index (Phi) is 5.30. The lowest BCUT2D eigenvalue weighted by atomic mass is 9.86. The topological polar surface area (TPSA) is 29.3 Å². The van der Waals surface area contributed by atoms with E-state index >= 15 is 0 Å². The Morgan fingerprint density at radius 1 is 1.21 bits per heavy atom. The Balaban J connectivity index is 1.83. The van der Waals surface area contributed by atoms with E-state index in [0.717, 1.165) is 24.3 Å². The fourth-order valence-corrected chi connectivity index (χ4v) is 4.38. The molecule has 0 radical (unpaired) electrons. The molecule has 4 unspecified atom stereocenters. The fraction of sp³-hybridized carbons (Fsp3) is 1.00. The molecule has 0 aromatic heterocycles. The van der Waals surface area contributed by atoms with E-state index in [1.807, 2.05) is 0 Å². The number of rotatable bonds is 8. The molecule has 0 aromatic carbocycles. The first-order valence-electron chi connectivity index (χ1n) is 8.50. The van der Waals surface area contributed by atoms with E-state index in [9.17, 15) is 0 Å². The first-order valence-corrected chi connectivity index (χ1v) is 8.50. The summed E-state index contributed by atoms with van der Waals surface area (Å²) in [6.07, 6.45) is 11.3. The zero-order valence-electron chi connectivity index (χ0n) is 13.3. The molecule has 2 rings (SSSR count). The summed E-state index contributed by atoms with van der Waals surface area (Å²) in [5.41, 5.74) is 6.32. The summed E-state index contributed by atoms with van der Waals surface area (Å²) in [5.74, 6) is 3.05. The summed E-state index contributed by atoms with van der Waals surface area (Å²) in [7, 11) is 2.31. The molecule has 2 heteroatoms. The average Bonchev–Trinajstić information content (AvgIpc) is 3.01. The van der Waals surface area contributed by atoms with Crippen LogP contribution in [0.1, 0.15) is 65.2 Å². The van der Waals surface area contributed by atoms with E-state index in [4.69, 9.17) is 5.73 Å². The van der Waals surface area contributed by atoms with Crippen molar-refractivity contribution >= 4 is 0 Å². The Labute approximate surface area is 120 Å². The van der Waals surface area contributed by atoms with Crippen molar-refractivity contribution in [1.82, 2.24) is 4.90 Å². The SMILES string of the molecule is CCCCCC(C)(CN)N(C)CC1CC2CCC1C2. The minimum absolute atomic E-state index is 0.219. The van der Waals surface area contributed by atoms with Gasteiger partial charge in [0.2, 0.25) is 0 Å². The third kappa shape index (κ3) is 3.52. The predicted molar refractivity (Wildman–Crippen MR) is 83.2 cm³/mol. The third-order valence-electron chi connectivity index (χ3n) is 6.07. The molecule has 2 N–H and O–H groups in total. The number of hydrogen-bond acceptors (Lipinski definition) is 2. The summed E-state index contributed by atoms with van der Waals surface area (Å²) in [4.78, 5) is 2.59. The van der Waals surface area contributed by atoms with Gasteiger partial charge in [0, 0.05) is 18.6 Å². The molecule has 2 aliphatic rings. The van der Waals surface area contributed by atoms with Gasteiger partial charge in [0.05, 0.1) is 0 Å². The number of fused-ring (bicyclic) bond motifs is 2. The lowest BCUT2D eigenvalue weighted by Gasteiger charge is -2.41. The van der Waals surface area contributed by atoms with Crippen LogP contribution in [0.25, 0.3) is 0 Å². The van der Waals surface area contributed by atoms with Crippen LogP contribution in [0.2, 0.25) is 0 Å². The van der Waals surface area contributed by atoms with E-state index < -0.39 is 0 Å². The normalized spacial score (nSPS) is 33.0. The van der Waals surface area contributed by atoms with Gasteiger partial charge in [-0.05, 0) is 57.4 Å². The molecule has 0 saturated heterocycles. The molecule has 112 valence electrons. The minimum Gasteiger partial charge on any atom is -0.329 e. The van der Waals surface area contributed by atoms with Gasteiger partial charge in [0.1, 0.15) is 0 Å². The maximum atomic E-state index is 6.10. The summed E-state index contributed by atoms with van der Waals surface area (Å²) in [6, 6.07) is 0. The van der Waals surface area contributed by atoms with Crippen molar-refractivity contribution in [3.8, 4) is 0 Å².